The molecular formula is C21H25N5O4S. The summed E-state index contributed by atoms with van der Waals surface area (Å²) in [6, 6.07) is 10.6. The summed E-state index contributed by atoms with van der Waals surface area (Å²) in [4.78, 5) is 8.97. The number of rotatable bonds is 6. The maximum Gasteiger partial charge on any atom is 0.333 e. The van der Waals surface area contributed by atoms with Gasteiger partial charge in [-0.3, -0.25) is 4.18 Å². The zero-order valence-electron chi connectivity index (χ0n) is 16.9. The number of aliphatic hydroxyl groups is 1. The molecule has 3 aromatic rings. The van der Waals surface area contributed by atoms with Crippen LogP contribution in [0.5, 0.6) is 0 Å². The molecule has 1 saturated carbocycles. The van der Waals surface area contributed by atoms with Gasteiger partial charge in [-0.15, -0.1) is 0 Å². The Hall–Kier alpha value is -2.53. The van der Waals surface area contributed by atoms with Crippen molar-refractivity contribution in [3.8, 4) is 0 Å². The molecule has 0 aliphatic heterocycles. The van der Waals surface area contributed by atoms with Crippen molar-refractivity contribution in [1.82, 2.24) is 14.5 Å². The van der Waals surface area contributed by atoms with Crippen molar-refractivity contribution in [3.05, 3.63) is 54.0 Å². The average Bonchev–Trinajstić information content (AvgIpc) is 3.43. The number of aryl methyl sites for hydroxylation is 1. The Morgan fingerprint density at radius 3 is 2.90 bits per heavy atom. The van der Waals surface area contributed by atoms with Gasteiger partial charge in [-0.2, -0.15) is 8.42 Å². The third kappa shape index (κ3) is 4.03. The highest BCUT2D eigenvalue weighted by Gasteiger charge is 2.35. The van der Waals surface area contributed by atoms with E-state index in [-0.39, 0.29) is 24.6 Å². The first-order valence-corrected chi connectivity index (χ1v) is 11.9. The van der Waals surface area contributed by atoms with Crippen molar-refractivity contribution in [2.45, 2.75) is 43.9 Å². The van der Waals surface area contributed by atoms with Gasteiger partial charge in [0.05, 0.1) is 24.1 Å². The highest BCUT2D eigenvalue weighted by atomic mass is 32.2. The second-order valence-electron chi connectivity index (χ2n) is 8.35. The van der Waals surface area contributed by atoms with Gasteiger partial charge in [-0.05, 0) is 42.9 Å². The minimum atomic E-state index is -4.03. The minimum absolute atomic E-state index is 0.0171. The third-order valence-corrected chi connectivity index (χ3v) is 6.89. The topological polar surface area (TPSA) is 132 Å². The third-order valence-electron chi connectivity index (χ3n) is 6.43. The van der Waals surface area contributed by atoms with Crippen LogP contribution in [0.25, 0.3) is 11.0 Å². The molecule has 5 rings (SSSR count). The summed E-state index contributed by atoms with van der Waals surface area (Å²) < 4.78 is 28.9. The van der Waals surface area contributed by atoms with Gasteiger partial charge >= 0.3 is 10.3 Å². The van der Waals surface area contributed by atoms with E-state index < -0.39 is 16.4 Å². The maximum atomic E-state index is 11.1. The lowest BCUT2D eigenvalue weighted by atomic mass is 10.1. The van der Waals surface area contributed by atoms with Crippen LogP contribution in [0.15, 0.2) is 42.9 Å². The van der Waals surface area contributed by atoms with E-state index in [9.17, 15) is 13.5 Å². The van der Waals surface area contributed by atoms with Crippen molar-refractivity contribution in [1.29, 1.82) is 0 Å². The van der Waals surface area contributed by atoms with Crippen LogP contribution in [0.2, 0.25) is 0 Å². The van der Waals surface area contributed by atoms with Crippen LogP contribution in [0.1, 0.15) is 42.5 Å². The summed E-state index contributed by atoms with van der Waals surface area (Å²) in [6.45, 7) is -0.126. The van der Waals surface area contributed by atoms with Gasteiger partial charge in [-0.1, -0.05) is 24.3 Å². The van der Waals surface area contributed by atoms with Crippen molar-refractivity contribution in [2.75, 3.05) is 11.9 Å². The Morgan fingerprint density at radius 1 is 1.23 bits per heavy atom. The number of nitrogens with zero attached hydrogens (tertiary/aromatic N) is 3. The number of aliphatic hydroxyl groups excluding tert-OH is 1. The van der Waals surface area contributed by atoms with E-state index in [0.29, 0.717) is 12.8 Å². The Kier molecular flexibility index (Phi) is 5.17. The SMILES string of the molecule is NS(=O)(=O)OC[C@@H]1CC(n2ccc3c(N[C@H]4CCc5ccccc54)ncnc32)C[C@@H]1O. The summed E-state index contributed by atoms with van der Waals surface area (Å²) in [5.74, 6) is 0.480. The highest BCUT2D eigenvalue weighted by molar-refractivity contribution is 7.84. The van der Waals surface area contributed by atoms with E-state index in [2.05, 4.69) is 39.6 Å². The second-order valence-corrected chi connectivity index (χ2v) is 9.57. The number of nitrogens with one attached hydrogen (secondary N) is 1. The van der Waals surface area contributed by atoms with Crippen LogP contribution in [-0.4, -0.2) is 40.8 Å². The maximum absolute atomic E-state index is 11.1. The Morgan fingerprint density at radius 2 is 2.06 bits per heavy atom. The van der Waals surface area contributed by atoms with Crippen molar-refractivity contribution in [3.63, 3.8) is 0 Å². The molecular weight excluding hydrogens is 418 g/mol. The predicted molar refractivity (Wildman–Crippen MR) is 115 cm³/mol. The smallest absolute Gasteiger partial charge is 0.333 e. The molecule has 4 N–H and O–H groups in total. The van der Waals surface area contributed by atoms with Crippen LogP contribution in [0.4, 0.5) is 5.82 Å². The van der Waals surface area contributed by atoms with E-state index in [4.69, 9.17) is 9.32 Å². The number of anilines is 1. The zero-order valence-corrected chi connectivity index (χ0v) is 17.7. The van der Waals surface area contributed by atoms with E-state index in [1.165, 1.54) is 11.1 Å². The fourth-order valence-electron chi connectivity index (χ4n) is 4.92. The van der Waals surface area contributed by atoms with Crippen LogP contribution in [0, 0.1) is 5.92 Å². The van der Waals surface area contributed by atoms with Crippen LogP contribution in [-0.2, 0) is 20.9 Å². The van der Waals surface area contributed by atoms with Gasteiger partial charge in [0.25, 0.3) is 0 Å². The van der Waals surface area contributed by atoms with Crippen LogP contribution < -0.4 is 10.5 Å². The fourth-order valence-corrected chi connectivity index (χ4v) is 5.28. The molecule has 2 aliphatic carbocycles. The molecule has 9 nitrogen and oxygen atoms in total. The van der Waals surface area contributed by atoms with Gasteiger partial charge in [-0.25, -0.2) is 15.1 Å². The molecule has 0 saturated heterocycles. The second kappa shape index (κ2) is 7.86. The van der Waals surface area contributed by atoms with Gasteiger partial charge in [0.1, 0.15) is 17.8 Å². The summed E-state index contributed by atoms with van der Waals surface area (Å²) in [6.07, 6.45) is 5.96. The van der Waals surface area contributed by atoms with Gasteiger partial charge in [0, 0.05) is 18.2 Å². The Balaban J connectivity index is 1.37. The molecule has 0 spiro atoms. The molecule has 0 amide bonds. The number of aromatic nitrogens is 3. The Bertz CT molecular complexity index is 1210. The van der Waals surface area contributed by atoms with Gasteiger partial charge < -0.3 is 15.0 Å². The minimum Gasteiger partial charge on any atom is -0.393 e. The van der Waals surface area contributed by atoms with Crippen molar-refractivity contribution >= 4 is 27.2 Å². The number of nitrogens with two attached hydrogens (primary N) is 1. The number of benzene rings is 1. The quantitative estimate of drug-likeness (QED) is 0.531. The van der Waals surface area contributed by atoms with E-state index >= 15 is 0 Å². The van der Waals surface area contributed by atoms with Crippen molar-refractivity contribution in [2.24, 2.45) is 11.1 Å². The molecule has 1 fully saturated rings. The molecule has 10 heteroatoms. The molecule has 2 heterocycles. The lowest BCUT2D eigenvalue weighted by molar-refractivity contribution is 0.100. The zero-order chi connectivity index (χ0) is 21.6. The number of hydrogen-bond donors (Lipinski definition) is 3. The normalized spacial score (nSPS) is 25.7. The first-order valence-electron chi connectivity index (χ1n) is 10.4. The van der Waals surface area contributed by atoms with E-state index in [0.717, 1.165) is 29.7 Å². The molecule has 164 valence electrons. The highest BCUT2D eigenvalue weighted by Crippen LogP contribution is 2.39. The molecule has 0 radical (unpaired) electrons. The lowest BCUT2D eigenvalue weighted by Gasteiger charge is -2.16. The summed E-state index contributed by atoms with van der Waals surface area (Å²) in [7, 11) is -4.03. The molecule has 4 atom stereocenters. The largest absolute Gasteiger partial charge is 0.393 e. The summed E-state index contributed by atoms with van der Waals surface area (Å²) in [5.41, 5.74) is 3.47. The monoisotopic (exact) mass is 443 g/mol. The number of hydrogen-bond acceptors (Lipinski definition) is 7. The van der Waals surface area contributed by atoms with Crippen LogP contribution >= 0.6 is 0 Å². The molecule has 31 heavy (non-hydrogen) atoms. The van der Waals surface area contributed by atoms with Crippen molar-refractivity contribution < 1.29 is 17.7 Å². The molecule has 2 aliphatic rings. The van der Waals surface area contributed by atoms with Gasteiger partial charge in [0.2, 0.25) is 0 Å². The van der Waals surface area contributed by atoms with E-state index in [1.807, 2.05) is 16.8 Å². The molecule has 1 aromatic carbocycles. The van der Waals surface area contributed by atoms with Crippen LogP contribution in [0.3, 0.4) is 0 Å². The molecule has 1 unspecified atom stereocenters. The van der Waals surface area contributed by atoms with E-state index in [1.54, 1.807) is 6.33 Å². The number of fused-ring (bicyclic) bond motifs is 2. The summed E-state index contributed by atoms with van der Waals surface area (Å²) in [5, 5.41) is 19.8. The first-order chi connectivity index (χ1) is 14.9. The lowest BCUT2D eigenvalue weighted by Crippen LogP contribution is -2.24. The Labute approximate surface area is 180 Å². The fraction of sp³-hybridized carbons (Fsp3) is 0.429. The first kappa shape index (κ1) is 20.4. The summed E-state index contributed by atoms with van der Waals surface area (Å²) >= 11 is 0. The van der Waals surface area contributed by atoms with Gasteiger partial charge in [0.15, 0.2) is 0 Å². The molecule has 2 aromatic heterocycles. The average molecular weight is 444 g/mol. The predicted octanol–water partition coefficient (Wildman–Crippen LogP) is 2.06. The standard InChI is InChI=1S/C21H25N5O4S/c22-31(28,29)30-11-14-9-15(10-19(14)27)26-8-7-17-20(23-12-24-21(17)26)25-18-6-5-13-3-1-2-4-16(13)18/h1-4,7-8,12,14-15,18-19,27H,5-6,9-11H2,(H2,22,28,29)(H,23,24,25)/t14-,15?,18-,19-/m0/s1. The molecule has 0 bridgehead atoms.